The van der Waals surface area contributed by atoms with Gasteiger partial charge in [0, 0.05) is 5.92 Å². The fourth-order valence-corrected chi connectivity index (χ4v) is 1.39. The summed E-state index contributed by atoms with van der Waals surface area (Å²) in [4.78, 5) is 7.49. The van der Waals surface area contributed by atoms with Gasteiger partial charge in [-0.1, -0.05) is 37.3 Å². The zero-order valence-electron chi connectivity index (χ0n) is 10.7. The summed E-state index contributed by atoms with van der Waals surface area (Å²) in [6, 6.07) is 0. The monoisotopic (exact) mass is 232 g/mol. The molecule has 0 fully saturated rings. The van der Waals surface area contributed by atoms with Gasteiger partial charge in [-0.25, -0.2) is 4.98 Å². The molecule has 92 valence electrons. The molecule has 0 aromatic carbocycles. The van der Waals surface area contributed by atoms with E-state index in [4.69, 9.17) is 5.11 Å². The first kappa shape index (κ1) is 13.5. The second-order valence-electron chi connectivity index (χ2n) is 4.19. The van der Waals surface area contributed by atoms with E-state index in [1.807, 2.05) is 39.0 Å². The van der Waals surface area contributed by atoms with Crippen LogP contribution in [0.1, 0.15) is 38.2 Å². The first-order valence-electron chi connectivity index (χ1n) is 5.74. The molecular formula is C14H20N2O. The maximum absolute atomic E-state index is 9.07. The first-order valence-corrected chi connectivity index (χ1v) is 5.74. The summed E-state index contributed by atoms with van der Waals surface area (Å²) >= 11 is 0. The van der Waals surface area contributed by atoms with Gasteiger partial charge in [0.05, 0.1) is 18.5 Å². The molecule has 2 N–H and O–H groups in total. The normalized spacial score (nSPS) is 14.2. The molecule has 0 saturated carbocycles. The van der Waals surface area contributed by atoms with E-state index in [9.17, 15) is 0 Å². The van der Waals surface area contributed by atoms with Gasteiger partial charge >= 0.3 is 0 Å². The van der Waals surface area contributed by atoms with Crippen LogP contribution in [-0.2, 0) is 0 Å². The van der Waals surface area contributed by atoms with Crippen molar-refractivity contribution in [2.45, 2.75) is 26.7 Å². The highest BCUT2D eigenvalue weighted by molar-refractivity contribution is 5.71. The molecular weight excluding hydrogens is 212 g/mol. The van der Waals surface area contributed by atoms with E-state index >= 15 is 0 Å². The van der Waals surface area contributed by atoms with E-state index in [1.165, 1.54) is 0 Å². The van der Waals surface area contributed by atoms with Crippen molar-refractivity contribution in [3.8, 4) is 0 Å². The number of hydrogen-bond acceptors (Lipinski definition) is 2. The lowest BCUT2D eigenvalue weighted by Gasteiger charge is -2.03. The first-order chi connectivity index (χ1) is 8.08. The van der Waals surface area contributed by atoms with E-state index in [2.05, 4.69) is 16.5 Å². The Labute approximate surface area is 103 Å². The molecule has 0 aliphatic carbocycles. The van der Waals surface area contributed by atoms with Gasteiger partial charge in [0.2, 0.25) is 0 Å². The Morgan fingerprint density at radius 3 is 2.82 bits per heavy atom. The minimum atomic E-state index is 0.0342. The van der Waals surface area contributed by atoms with E-state index < -0.39 is 0 Å². The highest BCUT2D eigenvalue weighted by Crippen LogP contribution is 2.17. The molecule has 0 bridgehead atoms. The van der Waals surface area contributed by atoms with Crippen LogP contribution in [0.2, 0.25) is 0 Å². The molecule has 0 amide bonds. The van der Waals surface area contributed by atoms with E-state index in [-0.39, 0.29) is 12.5 Å². The number of aliphatic hydroxyl groups excluding tert-OH is 1. The molecule has 1 aromatic rings. The second-order valence-corrected chi connectivity index (χ2v) is 4.19. The number of nitrogens with one attached hydrogen (secondary N) is 1. The number of imidazole rings is 1. The minimum Gasteiger partial charge on any atom is -0.396 e. The van der Waals surface area contributed by atoms with Crippen molar-refractivity contribution in [3.05, 3.63) is 48.1 Å². The predicted octanol–water partition coefficient (Wildman–Crippen LogP) is 3.04. The van der Waals surface area contributed by atoms with Crippen LogP contribution in [0.3, 0.4) is 0 Å². The number of aliphatic hydroxyl groups is 1. The van der Waals surface area contributed by atoms with Gasteiger partial charge in [0.15, 0.2) is 0 Å². The van der Waals surface area contributed by atoms with Crippen LogP contribution < -0.4 is 0 Å². The average Bonchev–Trinajstić information content (AvgIpc) is 2.78. The Morgan fingerprint density at radius 2 is 2.29 bits per heavy atom. The van der Waals surface area contributed by atoms with Crippen LogP contribution in [0.15, 0.2) is 36.6 Å². The largest absolute Gasteiger partial charge is 0.396 e. The molecule has 1 heterocycles. The van der Waals surface area contributed by atoms with Crippen molar-refractivity contribution in [2.24, 2.45) is 0 Å². The van der Waals surface area contributed by atoms with Crippen LogP contribution in [0.5, 0.6) is 0 Å². The topological polar surface area (TPSA) is 48.9 Å². The summed E-state index contributed by atoms with van der Waals surface area (Å²) in [5.41, 5.74) is 3.03. The minimum absolute atomic E-state index is 0.0342. The Morgan fingerprint density at radius 1 is 1.59 bits per heavy atom. The third kappa shape index (κ3) is 3.71. The van der Waals surface area contributed by atoms with Crippen molar-refractivity contribution in [3.63, 3.8) is 0 Å². The summed E-state index contributed by atoms with van der Waals surface area (Å²) in [5, 5.41) is 9.07. The molecule has 0 saturated heterocycles. The van der Waals surface area contributed by atoms with Crippen molar-refractivity contribution in [1.29, 1.82) is 0 Å². The molecule has 0 spiro atoms. The second kappa shape index (κ2) is 6.21. The lowest BCUT2D eigenvalue weighted by molar-refractivity contribution is 0.269. The van der Waals surface area contributed by atoms with Gasteiger partial charge in [0.25, 0.3) is 0 Å². The highest BCUT2D eigenvalue weighted by atomic mass is 16.3. The van der Waals surface area contributed by atoms with E-state index in [1.54, 1.807) is 6.20 Å². The number of aromatic amines is 1. The van der Waals surface area contributed by atoms with Gasteiger partial charge in [-0.2, -0.15) is 0 Å². The van der Waals surface area contributed by atoms with Gasteiger partial charge in [-0.15, -0.1) is 0 Å². The lowest BCUT2D eigenvalue weighted by Crippen LogP contribution is -2.00. The van der Waals surface area contributed by atoms with Crippen LogP contribution in [0.25, 0.3) is 5.57 Å². The quantitative estimate of drug-likeness (QED) is 0.767. The molecule has 1 atom stereocenters. The molecule has 0 radical (unpaired) electrons. The zero-order chi connectivity index (χ0) is 12.8. The van der Waals surface area contributed by atoms with Gasteiger partial charge in [-0.3, -0.25) is 0 Å². The molecule has 0 aliphatic rings. The average molecular weight is 232 g/mol. The number of hydrogen-bond donors (Lipinski definition) is 2. The Hall–Kier alpha value is -1.61. The third-order valence-corrected chi connectivity index (χ3v) is 2.51. The summed E-state index contributed by atoms with van der Waals surface area (Å²) in [6.07, 6.45) is 7.77. The number of aromatic nitrogens is 2. The molecule has 17 heavy (non-hydrogen) atoms. The summed E-state index contributed by atoms with van der Waals surface area (Å²) < 4.78 is 0. The lowest BCUT2D eigenvalue weighted by atomic mass is 10.1. The maximum atomic E-state index is 9.07. The van der Waals surface area contributed by atoms with Crippen molar-refractivity contribution < 1.29 is 5.11 Å². The molecule has 3 heteroatoms. The Bertz CT molecular complexity index is 441. The molecule has 3 nitrogen and oxygen atoms in total. The number of rotatable bonds is 5. The molecule has 1 rings (SSSR count). The Kier molecular flexibility index (Phi) is 4.91. The SMILES string of the molecule is C=C(C)/C=C\C(=C/C)c1cnc(C(C)CO)[nH]1. The fourth-order valence-electron chi connectivity index (χ4n) is 1.39. The molecule has 1 aromatic heterocycles. The summed E-state index contributed by atoms with van der Waals surface area (Å²) in [7, 11) is 0. The van der Waals surface area contributed by atoms with Crippen LogP contribution in [0.4, 0.5) is 0 Å². The van der Waals surface area contributed by atoms with E-state index in [0.717, 1.165) is 22.7 Å². The Balaban J connectivity index is 2.91. The smallest absolute Gasteiger partial charge is 0.111 e. The van der Waals surface area contributed by atoms with Crippen LogP contribution in [-0.4, -0.2) is 21.7 Å². The van der Waals surface area contributed by atoms with Crippen LogP contribution in [0, 0.1) is 0 Å². The van der Waals surface area contributed by atoms with Gasteiger partial charge in [0.1, 0.15) is 5.82 Å². The van der Waals surface area contributed by atoms with Gasteiger partial charge < -0.3 is 10.1 Å². The molecule has 0 aliphatic heterocycles. The number of nitrogens with zero attached hydrogens (tertiary/aromatic N) is 1. The van der Waals surface area contributed by atoms with E-state index in [0.29, 0.717) is 0 Å². The standard InChI is InChI=1S/C14H20N2O/c1-5-12(7-6-10(2)3)13-8-15-14(16-13)11(4)9-17/h5-8,11,17H,2,9H2,1,3-4H3,(H,15,16)/b7-6-,12-5+. The summed E-state index contributed by atoms with van der Waals surface area (Å²) in [5.74, 6) is 0.845. The van der Waals surface area contributed by atoms with Crippen molar-refractivity contribution in [2.75, 3.05) is 6.61 Å². The number of H-pyrrole nitrogens is 1. The zero-order valence-corrected chi connectivity index (χ0v) is 10.7. The van der Waals surface area contributed by atoms with Crippen molar-refractivity contribution >= 4 is 5.57 Å². The predicted molar refractivity (Wildman–Crippen MR) is 71.7 cm³/mol. The van der Waals surface area contributed by atoms with Gasteiger partial charge in [-0.05, 0) is 19.4 Å². The number of allylic oxidation sites excluding steroid dienone is 5. The highest BCUT2D eigenvalue weighted by Gasteiger charge is 2.09. The fraction of sp³-hybridized carbons (Fsp3) is 0.357. The molecule has 1 unspecified atom stereocenters. The summed E-state index contributed by atoms with van der Waals surface area (Å²) in [6.45, 7) is 9.79. The third-order valence-electron chi connectivity index (χ3n) is 2.51. The van der Waals surface area contributed by atoms with Crippen molar-refractivity contribution in [1.82, 2.24) is 9.97 Å². The maximum Gasteiger partial charge on any atom is 0.111 e. The van der Waals surface area contributed by atoms with Crippen LogP contribution >= 0.6 is 0 Å².